The Labute approximate surface area is 142 Å². The molecule has 0 aromatic carbocycles. The van der Waals surface area contributed by atoms with Crippen molar-refractivity contribution in [3.8, 4) is 0 Å². The van der Waals surface area contributed by atoms with Gasteiger partial charge < -0.3 is 14.2 Å². The average Bonchev–Trinajstić information content (AvgIpc) is 3.16. The van der Waals surface area contributed by atoms with E-state index in [0.29, 0.717) is 18.4 Å². The molecule has 0 spiro atoms. The number of hydrogen-bond donors (Lipinski definition) is 1. The Balaban J connectivity index is 1.51. The molecule has 2 saturated carbocycles. The molecule has 6 heteroatoms. The van der Waals surface area contributed by atoms with Gasteiger partial charge in [0.25, 0.3) is 0 Å². The van der Waals surface area contributed by atoms with Crippen molar-refractivity contribution in [2.24, 2.45) is 13.0 Å². The average molecular weight is 329 g/mol. The highest BCUT2D eigenvalue weighted by Gasteiger charge is 2.28. The number of hydrogen-bond acceptors (Lipinski definition) is 4. The molecule has 130 valence electrons. The highest BCUT2D eigenvalue weighted by atomic mass is 16.3. The van der Waals surface area contributed by atoms with Crippen LogP contribution < -0.4 is 0 Å². The van der Waals surface area contributed by atoms with Crippen molar-refractivity contribution in [2.75, 3.05) is 0 Å². The Morgan fingerprint density at radius 1 is 1.12 bits per heavy atom. The topological polar surface area (TPSA) is 68.8 Å². The van der Waals surface area contributed by atoms with Gasteiger partial charge in [0.05, 0.1) is 6.54 Å². The summed E-state index contributed by atoms with van der Waals surface area (Å²) in [5, 5.41) is 19.6. The quantitative estimate of drug-likeness (QED) is 0.916. The smallest absolute Gasteiger partial charge is 0.152 e. The Morgan fingerprint density at radius 3 is 2.62 bits per heavy atom. The van der Waals surface area contributed by atoms with Gasteiger partial charge in [-0.1, -0.05) is 25.7 Å². The highest BCUT2D eigenvalue weighted by Crippen LogP contribution is 2.36. The second-order valence-electron chi connectivity index (χ2n) is 7.42. The summed E-state index contributed by atoms with van der Waals surface area (Å²) in [5.74, 6) is 3.73. The first-order chi connectivity index (χ1) is 11.7. The van der Waals surface area contributed by atoms with E-state index in [-0.39, 0.29) is 0 Å². The van der Waals surface area contributed by atoms with Gasteiger partial charge in [-0.05, 0) is 31.6 Å². The van der Waals surface area contributed by atoms with Gasteiger partial charge >= 0.3 is 0 Å². The minimum Gasteiger partial charge on any atom is -0.385 e. The van der Waals surface area contributed by atoms with E-state index in [1.165, 1.54) is 38.5 Å². The van der Waals surface area contributed by atoms with Crippen LogP contribution in [0.1, 0.15) is 80.9 Å². The Bertz CT molecular complexity index is 681. The maximum absolute atomic E-state index is 10.8. The van der Waals surface area contributed by atoms with Crippen LogP contribution >= 0.6 is 0 Å². The van der Waals surface area contributed by atoms with Crippen LogP contribution in [0.25, 0.3) is 0 Å². The number of aromatic nitrogens is 5. The van der Waals surface area contributed by atoms with Crippen LogP contribution in [0.2, 0.25) is 0 Å². The van der Waals surface area contributed by atoms with Gasteiger partial charge in [-0.15, -0.1) is 10.2 Å². The minimum atomic E-state index is -0.473. The third kappa shape index (κ3) is 2.88. The number of nitrogens with zero attached hydrogens (tertiary/aromatic N) is 5. The van der Waals surface area contributed by atoms with Crippen LogP contribution in [-0.4, -0.2) is 29.4 Å². The van der Waals surface area contributed by atoms with Gasteiger partial charge in [0.15, 0.2) is 5.82 Å². The lowest BCUT2D eigenvalue weighted by atomic mass is 9.85. The van der Waals surface area contributed by atoms with E-state index >= 15 is 0 Å². The molecule has 2 fully saturated rings. The maximum Gasteiger partial charge on any atom is 0.152 e. The minimum absolute atomic E-state index is 0.338. The highest BCUT2D eigenvalue weighted by molar-refractivity contribution is 5.07. The molecule has 24 heavy (non-hydrogen) atoms. The SMILES string of the molecule is Cn1c(Cn2ccnc2C(O)C2CCCCC2)nnc1C1CCC1. The molecular formula is C18H27N5O. The third-order valence-electron chi connectivity index (χ3n) is 5.89. The van der Waals surface area contributed by atoms with Crippen LogP contribution in [0.5, 0.6) is 0 Å². The molecule has 0 saturated heterocycles. The van der Waals surface area contributed by atoms with E-state index in [9.17, 15) is 5.11 Å². The van der Waals surface area contributed by atoms with Gasteiger partial charge in [-0.25, -0.2) is 4.98 Å². The molecule has 0 bridgehead atoms. The summed E-state index contributed by atoms with van der Waals surface area (Å²) in [6.45, 7) is 0.620. The first kappa shape index (κ1) is 15.8. The predicted octanol–water partition coefficient (Wildman–Crippen LogP) is 2.94. The molecule has 6 nitrogen and oxygen atoms in total. The van der Waals surface area contributed by atoms with E-state index < -0.39 is 6.10 Å². The monoisotopic (exact) mass is 329 g/mol. The van der Waals surface area contributed by atoms with E-state index in [0.717, 1.165) is 30.3 Å². The Morgan fingerprint density at radius 2 is 1.92 bits per heavy atom. The van der Waals surface area contributed by atoms with Gasteiger partial charge in [0.1, 0.15) is 17.8 Å². The second kappa shape index (κ2) is 6.67. The van der Waals surface area contributed by atoms with Crippen LogP contribution in [0.4, 0.5) is 0 Å². The zero-order valence-corrected chi connectivity index (χ0v) is 14.4. The number of aliphatic hydroxyl groups excluding tert-OH is 1. The van der Waals surface area contributed by atoms with E-state index in [2.05, 4.69) is 26.8 Å². The molecule has 1 atom stereocenters. The summed E-state index contributed by atoms with van der Waals surface area (Å²) in [5.41, 5.74) is 0. The maximum atomic E-state index is 10.8. The van der Waals surface area contributed by atoms with Crippen molar-refractivity contribution >= 4 is 0 Å². The molecule has 2 aromatic heterocycles. The lowest BCUT2D eigenvalue weighted by molar-refractivity contribution is 0.0742. The summed E-state index contributed by atoms with van der Waals surface area (Å²) < 4.78 is 4.16. The van der Waals surface area contributed by atoms with Crippen molar-refractivity contribution in [2.45, 2.75) is 69.9 Å². The predicted molar refractivity (Wildman–Crippen MR) is 90.5 cm³/mol. The molecule has 0 radical (unpaired) electrons. The molecule has 2 heterocycles. The Hall–Kier alpha value is -1.69. The molecule has 1 unspecified atom stereocenters. The van der Waals surface area contributed by atoms with Crippen molar-refractivity contribution in [1.82, 2.24) is 24.3 Å². The molecule has 2 aromatic rings. The summed E-state index contributed by atoms with van der Waals surface area (Å²) in [6, 6.07) is 0. The van der Waals surface area contributed by atoms with Crippen LogP contribution in [0.15, 0.2) is 12.4 Å². The fraction of sp³-hybridized carbons (Fsp3) is 0.722. The number of imidazole rings is 1. The molecule has 4 rings (SSSR count). The fourth-order valence-corrected chi connectivity index (χ4v) is 4.07. The molecule has 2 aliphatic rings. The molecule has 2 aliphatic carbocycles. The van der Waals surface area contributed by atoms with E-state index in [1.807, 2.05) is 10.8 Å². The van der Waals surface area contributed by atoms with Gasteiger partial charge in [0, 0.05) is 25.4 Å². The van der Waals surface area contributed by atoms with Gasteiger partial charge in [-0.2, -0.15) is 0 Å². The largest absolute Gasteiger partial charge is 0.385 e. The lowest BCUT2D eigenvalue weighted by Crippen LogP contribution is -2.21. The zero-order valence-electron chi connectivity index (χ0n) is 14.4. The first-order valence-electron chi connectivity index (χ1n) is 9.31. The van der Waals surface area contributed by atoms with Gasteiger partial charge in [-0.3, -0.25) is 0 Å². The van der Waals surface area contributed by atoms with Crippen molar-refractivity contribution < 1.29 is 5.11 Å². The van der Waals surface area contributed by atoms with Crippen molar-refractivity contribution in [3.63, 3.8) is 0 Å². The fourth-order valence-electron chi connectivity index (χ4n) is 4.07. The summed E-state index contributed by atoms with van der Waals surface area (Å²) in [7, 11) is 2.05. The molecule has 0 amide bonds. The summed E-state index contributed by atoms with van der Waals surface area (Å²) in [6.07, 6.45) is 12.9. The van der Waals surface area contributed by atoms with E-state index in [1.54, 1.807) is 6.20 Å². The van der Waals surface area contributed by atoms with Crippen LogP contribution in [-0.2, 0) is 13.6 Å². The van der Waals surface area contributed by atoms with Crippen molar-refractivity contribution in [3.05, 3.63) is 29.9 Å². The zero-order chi connectivity index (χ0) is 16.5. The molecular weight excluding hydrogens is 302 g/mol. The summed E-state index contributed by atoms with van der Waals surface area (Å²) in [4.78, 5) is 4.44. The summed E-state index contributed by atoms with van der Waals surface area (Å²) >= 11 is 0. The normalized spacial score (nSPS) is 20.9. The van der Waals surface area contributed by atoms with E-state index in [4.69, 9.17) is 0 Å². The standard InChI is InChI=1S/C18H27N5O/c1-22-15(20-21-17(22)14-8-5-9-14)12-23-11-10-19-18(23)16(24)13-6-3-2-4-7-13/h10-11,13-14,16,24H,2-9,12H2,1H3. The van der Waals surface area contributed by atoms with Crippen LogP contribution in [0, 0.1) is 5.92 Å². The number of rotatable bonds is 5. The molecule has 1 N–H and O–H groups in total. The lowest BCUT2D eigenvalue weighted by Gasteiger charge is -2.26. The Kier molecular flexibility index (Phi) is 4.39. The first-order valence-corrected chi connectivity index (χ1v) is 9.31. The van der Waals surface area contributed by atoms with Crippen molar-refractivity contribution in [1.29, 1.82) is 0 Å². The third-order valence-corrected chi connectivity index (χ3v) is 5.89. The van der Waals surface area contributed by atoms with Gasteiger partial charge in [0.2, 0.25) is 0 Å². The number of aliphatic hydroxyl groups is 1. The molecule has 0 aliphatic heterocycles. The second-order valence-corrected chi connectivity index (χ2v) is 7.42. The van der Waals surface area contributed by atoms with Crippen LogP contribution in [0.3, 0.4) is 0 Å².